The molecule has 11 heteroatoms. The second kappa shape index (κ2) is 8.55. The van der Waals surface area contributed by atoms with E-state index >= 15 is 0 Å². The van der Waals surface area contributed by atoms with Crippen molar-refractivity contribution in [3.63, 3.8) is 0 Å². The van der Waals surface area contributed by atoms with Crippen molar-refractivity contribution in [2.45, 2.75) is 12.5 Å². The summed E-state index contributed by atoms with van der Waals surface area (Å²) in [6.07, 6.45) is 0.491. The van der Waals surface area contributed by atoms with Crippen molar-refractivity contribution in [1.82, 2.24) is 10.2 Å². The third kappa shape index (κ3) is 4.51. The number of likely N-dealkylation sites (tertiary alicyclic amines) is 1. The molecule has 30 heavy (non-hydrogen) atoms. The molecule has 1 fully saturated rings. The molecular formula is C19H18N4O7. The summed E-state index contributed by atoms with van der Waals surface area (Å²) in [6, 6.07) is 9.08. The van der Waals surface area contributed by atoms with Crippen molar-refractivity contribution in [2.75, 3.05) is 20.2 Å². The monoisotopic (exact) mass is 414 g/mol. The number of nitro benzene ring substituents is 2. The van der Waals surface area contributed by atoms with Gasteiger partial charge in [0.1, 0.15) is 5.75 Å². The van der Waals surface area contributed by atoms with Gasteiger partial charge in [-0.2, -0.15) is 0 Å². The Labute approximate surface area is 170 Å². The van der Waals surface area contributed by atoms with Crippen LogP contribution < -0.4 is 10.1 Å². The number of hydrogen-bond donors (Lipinski definition) is 1. The molecule has 0 saturated carbocycles. The van der Waals surface area contributed by atoms with Gasteiger partial charge in [-0.25, -0.2) is 0 Å². The third-order valence-corrected chi connectivity index (χ3v) is 4.73. The number of amides is 2. The van der Waals surface area contributed by atoms with Gasteiger partial charge in [0.25, 0.3) is 23.2 Å². The molecular weight excluding hydrogens is 396 g/mol. The van der Waals surface area contributed by atoms with Gasteiger partial charge in [0, 0.05) is 36.8 Å². The van der Waals surface area contributed by atoms with Crippen LogP contribution in [0.2, 0.25) is 0 Å². The highest BCUT2D eigenvalue weighted by Gasteiger charge is 2.30. The van der Waals surface area contributed by atoms with Gasteiger partial charge < -0.3 is 15.0 Å². The van der Waals surface area contributed by atoms with Crippen LogP contribution in [0.4, 0.5) is 11.4 Å². The zero-order valence-electron chi connectivity index (χ0n) is 15.9. The van der Waals surface area contributed by atoms with Crippen LogP contribution in [0.1, 0.15) is 27.1 Å². The lowest BCUT2D eigenvalue weighted by Crippen LogP contribution is -2.38. The number of carbonyl (C=O) groups excluding carboxylic acids is 2. The fraction of sp³-hybridized carbons (Fsp3) is 0.263. The fourth-order valence-electron chi connectivity index (χ4n) is 3.19. The van der Waals surface area contributed by atoms with Crippen molar-refractivity contribution in [3.05, 3.63) is 73.8 Å². The van der Waals surface area contributed by atoms with Crippen LogP contribution in [0.15, 0.2) is 42.5 Å². The summed E-state index contributed by atoms with van der Waals surface area (Å²) in [5.41, 5.74) is -0.764. The maximum atomic E-state index is 12.7. The van der Waals surface area contributed by atoms with Crippen LogP contribution in [0, 0.1) is 20.2 Å². The lowest BCUT2D eigenvalue weighted by atomic mass is 10.1. The normalized spacial score (nSPS) is 15.5. The first-order chi connectivity index (χ1) is 14.3. The molecule has 0 spiro atoms. The number of nitrogens with one attached hydrogen (secondary N) is 1. The summed E-state index contributed by atoms with van der Waals surface area (Å²) in [4.78, 5) is 47.0. The fourth-order valence-corrected chi connectivity index (χ4v) is 3.19. The predicted molar refractivity (Wildman–Crippen MR) is 105 cm³/mol. The zero-order valence-corrected chi connectivity index (χ0v) is 15.9. The van der Waals surface area contributed by atoms with E-state index in [2.05, 4.69) is 5.32 Å². The Morgan fingerprint density at radius 3 is 2.17 bits per heavy atom. The van der Waals surface area contributed by atoms with E-state index in [0.29, 0.717) is 24.3 Å². The minimum atomic E-state index is -0.786. The molecule has 1 saturated heterocycles. The highest BCUT2D eigenvalue weighted by Crippen LogP contribution is 2.25. The maximum absolute atomic E-state index is 12.7. The van der Waals surface area contributed by atoms with E-state index in [1.807, 2.05) is 0 Å². The highest BCUT2D eigenvalue weighted by atomic mass is 16.6. The Morgan fingerprint density at radius 1 is 1.03 bits per heavy atom. The van der Waals surface area contributed by atoms with Gasteiger partial charge in [0.05, 0.1) is 28.6 Å². The number of hydrogen-bond acceptors (Lipinski definition) is 7. The first-order valence-corrected chi connectivity index (χ1v) is 8.96. The standard InChI is InChI=1S/C19H18N4O7/c1-30-17-4-2-12(3-5-17)18(24)20-14-6-7-21(11-14)19(25)13-8-15(22(26)27)10-16(9-13)23(28)29/h2-5,8-10,14H,6-7,11H2,1H3,(H,20,24)/t14-/m1/s1. The second-order valence-corrected chi connectivity index (χ2v) is 6.69. The van der Waals surface area contributed by atoms with Crippen LogP contribution in [-0.4, -0.2) is 52.8 Å². The SMILES string of the molecule is COc1ccc(C(=O)N[C@@H]2CCN(C(=O)c3cc([N+](=O)[O-])cc([N+](=O)[O-])c3)C2)cc1. The number of carbonyl (C=O) groups is 2. The molecule has 2 aromatic carbocycles. The van der Waals surface area contributed by atoms with Crippen molar-refractivity contribution in [2.24, 2.45) is 0 Å². The molecule has 1 aliphatic rings. The molecule has 2 amide bonds. The highest BCUT2D eigenvalue weighted by molar-refractivity contribution is 5.96. The molecule has 3 rings (SSSR count). The van der Waals surface area contributed by atoms with Gasteiger partial charge in [0.2, 0.25) is 0 Å². The largest absolute Gasteiger partial charge is 0.497 e. The van der Waals surface area contributed by atoms with Gasteiger partial charge in [-0.15, -0.1) is 0 Å². The number of nitrogens with zero attached hydrogens (tertiary/aromatic N) is 3. The first kappa shape index (κ1) is 20.7. The number of benzene rings is 2. The molecule has 0 radical (unpaired) electrons. The Hall–Kier alpha value is -4.02. The first-order valence-electron chi connectivity index (χ1n) is 8.96. The zero-order chi connectivity index (χ0) is 21.8. The molecule has 156 valence electrons. The summed E-state index contributed by atoms with van der Waals surface area (Å²) in [7, 11) is 1.52. The van der Waals surface area contributed by atoms with Crippen molar-refractivity contribution in [3.8, 4) is 5.75 Å². The van der Waals surface area contributed by atoms with Gasteiger partial charge in [0.15, 0.2) is 0 Å². The van der Waals surface area contributed by atoms with Gasteiger partial charge >= 0.3 is 0 Å². The molecule has 0 unspecified atom stereocenters. The lowest BCUT2D eigenvalue weighted by molar-refractivity contribution is -0.394. The molecule has 1 atom stereocenters. The molecule has 1 N–H and O–H groups in total. The van der Waals surface area contributed by atoms with Gasteiger partial charge in [-0.1, -0.05) is 0 Å². The van der Waals surface area contributed by atoms with Crippen LogP contribution in [0.25, 0.3) is 0 Å². The van der Waals surface area contributed by atoms with E-state index in [9.17, 15) is 29.8 Å². The van der Waals surface area contributed by atoms with Crippen LogP contribution >= 0.6 is 0 Å². The summed E-state index contributed by atoms with van der Waals surface area (Å²) in [5.74, 6) is -0.249. The summed E-state index contributed by atoms with van der Waals surface area (Å²) >= 11 is 0. The predicted octanol–water partition coefficient (Wildman–Crippen LogP) is 2.16. The molecule has 0 aromatic heterocycles. The van der Waals surface area contributed by atoms with Crippen molar-refractivity contribution >= 4 is 23.2 Å². The molecule has 0 bridgehead atoms. The molecule has 0 aliphatic carbocycles. The van der Waals surface area contributed by atoms with E-state index in [4.69, 9.17) is 4.74 Å². The number of ether oxygens (including phenoxy) is 1. The quantitative estimate of drug-likeness (QED) is 0.563. The van der Waals surface area contributed by atoms with E-state index in [1.165, 1.54) is 12.0 Å². The summed E-state index contributed by atoms with van der Waals surface area (Å²) in [5, 5.41) is 24.9. The number of methoxy groups -OCH3 is 1. The minimum Gasteiger partial charge on any atom is -0.497 e. The molecule has 1 heterocycles. The van der Waals surface area contributed by atoms with Crippen molar-refractivity contribution < 1.29 is 24.2 Å². The second-order valence-electron chi connectivity index (χ2n) is 6.69. The van der Waals surface area contributed by atoms with E-state index in [1.54, 1.807) is 24.3 Å². The molecule has 1 aliphatic heterocycles. The molecule has 11 nitrogen and oxygen atoms in total. The Bertz CT molecular complexity index is 974. The van der Waals surface area contributed by atoms with Crippen LogP contribution in [0.5, 0.6) is 5.75 Å². The summed E-state index contributed by atoms with van der Waals surface area (Å²) < 4.78 is 5.05. The maximum Gasteiger partial charge on any atom is 0.277 e. The van der Waals surface area contributed by atoms with Crippen molar-refractivity contribution in [1.29, 1.82) is 0 Å². The van der Waals surface area contributed by atoms with E-state index in [-0.39, 0.29) is 24.1 Å². The van der Waals surface area contributed by atoms with Crippen LogP contribution in [-0.2, 0) is 0 Å². The number of nitro groups is 2. The Balaban J connectivity index is 1.68. The van der Waals surface area contributed by atoms with E-state index in [0.717, 1.165) is 18.2 Å². The van der Waals surface area contributed by atoms with Gasteiger partial charge in [-0.3, -0.25) is 29.8 Å². The number of non-ortho nitro benzene ring substituents is 2. The average Bonchev–Trinajstić information content (AvgIpc) is 3.21. The van der Waals surface area contributed by atoms with Crippen LogP contribution in [0.3, 0.4) is 0 Å². The topological polar surface area (TPSA) is 145 Å². The average molecular weight is 414 g/mol. The smallest absolute Gasteiger partial charge is 0.277 e. The van der Waals surface area contributed by atoms with E-state index < -0.39 is 27.1 Å². The Morgan fingerprint density at radius 2 is 1.63 bits per heavy atom. The Kier molecular flexibility index (Phi) is 5.90. The summed E-state index contributed by atoms with van der Waals surface area (Å²) in [6.45, 7) is 0.500. The van der Waals surface area contributed by atoms with Gasteiger partial charge in [-0.05, 0) is 30.7 Å². The number of rotatable bonds is 6. The third-order valence-electron chi connectivity index (χ3n) is 4.73. The minimum absolute atomic E-state index is 0.141. The lowest BCUT2D eigenvalue weighted by Gasteiger charge is -2.17. The molecule has 2 aromatic rings.